The molecule has 0 aromatic carbocycles. The largest absolute Gasteiger partial charge is 0.383 e. The molecule has 0 aliphatic rings. The van der Waals surface area contributed by atoms with Crippen molar-refractivity contribution >= 4 is 17.6 Å². The van der Waals surface area contributed by atoms with Crippen molar-refractivity contribution in [3.05, 3.63) is 45.8 Å². The monoisotopic (exact) mass is 275 g/mol. The van der Waals surface area contributed by atoms with Gasteiger partial charge in [-0.05, 0) is 17.7 Å². The van der Waals surface area contributed by atoms with Crippen molar-refractivity contribution in [2.75, 3.05) is 23.7 Å². The Kier molecular flexibility index (Phi) is 3.60. The highest BCUT2D eigenvalue weighted by molar-refractivity contribution is 5.60. The van der Waals surface area contributed by atoms with Crippen LogP contribution in [0.2, 0.25) is 0 Å². The van der Waals surface area contributed by atoms with Gasteiger partial charge in [-0.2, -0.15) is 9.97 Å². The van der Waals surface area contributed by atoms with Crippen LogP contribution in [0.4, 0.5) is 17.6 Å². The first-order valence-corrected chi connectivity index (χ1v) is 5.69. The summed E-state index contributed by atoms with van der Waals surface area (Å²) in [7, 11) is 0. The van der Waals surface area contributed by atoms with Crippen molar-refractivity contribution in [2.45, 2.75) is 5.92 Å². The number of nitro groups is 1. The molecule has 1 atom stereocenters. The molecule has 9 heteroatoms. The molecule has 6 N–H and O–H groups in total. The van der Waals surface area contributed by atoms with Gasteiger partial charge in [0.15, 0.2) is 0 Å². The van der Waals surface area contributed by atoms with Crippen molar-refractivity contribution < 1.29 is 4.92 Å². The van der Waals surface area contributed by atoms with Gasteiger partial charge in [-0.1, -0.05) is 0 Å². The molecule has 0 bridgehead atoms. The molecule has 0 radical (unpaired) electrons. The molecule has 2 rings (SSSR count). The Labute approximate surface area is 114 Å². The third-order valence-electron chi connectivity index (χ3n) is 2.81. The highest BCUT2D eigenvalue weighted by atomic mass is 16.6. The first-order valence-electron chi connectivity index (χ1n) is 5.69. The average Bonchev–Trinajstić information content (AvgIpc) is 2.37. The molecule has 104 valence electrons. The lowest BCUT2D eigenvalue weighted by Crippen LogP contribution is -2.19. The van der Waals surface area contributed by atoms with Crippen LogP contribution in [0.5, 0.6) is 0 Å². The minimum Gasteiger partial charge on any atom is -0.383 e. The summed E-state index contributed by atoms with van der Waals surface area (Å²) in [6.45, 7) is -0.383. The van der Waals surface area contributed by atoms with Crippen LogP contribution < -0.4 is 17.2 Å². The molecule has 2 aromatic rings. The molecule has 0 aliphatic carbocycles. The number of rotatable bonds is 4. The SMILES string of the molecule is Nc1nc(N)c(C(C[N+](=O)[O-])c2ccncc2)c(N)n1. The molecule has 2 heterocycles. The molecule has 20 heavy (non-hydrogen) atoms. The maximum absolute atomic E-state index is 10.9. The zero-order valence-corrected chi connectivity index (χ0v) is 10.4. The van der Waals surface area contributed by atoms with E-state index in [1.54, 1.807) is 12.1 Å². The fourth-order valence-electron chi connectivity index (χ4n) is 1.99. The second kappa shape index (κ2) is 5.34. The lowest BCUT2D eigenvalue weighted by Gasteiger charge is -2.16. The van der Waals surface area contributed by atoms with E-state index in [1.807, 2.05) is 0 Å². The Bertz CT molecular complexity index is 609. The van der Waals surface area contributed by atoms with E-state index in [9.17, 15) is 10.1 Å². The van der Waals surface area contributed by atoms with E-state index in [-0.39, 0.29) is 24.1 Å². The first-order chi connectivity index (χ1) is 9.49. The standard InChI is InChI=1S/C11H13N7O2/c12-9-8(10(13)17-11(14)16-9)7(5-18(19)20)6-1-3-15-4-2-6/h1-4,7H,5H2,(H6,12,13,14,16,17). The summed E-state index contributed by atoms with van der Waals surface area (Å²) in [4.78, 5) is 21.9. The summed E-state index contributed by atoms with van der Waals surface area (Å²) in [5, 5.41) is 10.9. The predicted octanol–water partition coefficient (Wildman–Crippen LogP) is 0.0268. The topological polar surface area (TPSA) is 160 Å². The molecule has 2 aromatic heterocycles. The number of anilines is 3. The highest BCUT2D eigenvalue weighted by Gasteiger charge is 2.26. The zero-order chi connectivity index (χ0) is 14.7. The Morgan fingerprint density at radius 3 is 2.20 bits per heavy atom. The number of aromatic nitrogens is 3. The average molecular weight is 275 g/mol. The summed E-state index contributed by atoms with van der Waals surface area (Å²) in [5.74, 6) is -0.649. The molecule has 0 saturated carbocycles. The van der Waals surface area contributed by atoms with Gasteiger partial charge in [0.2, 0.25) is 12.5 Å². The molecule has 0 spiro atoms. The quantitative estimate of drug-likeness (QED) is 0.520. The number of nitrogens with two attached hydrogens (primary N) is 3. The van der Waals surface area contributed by atoms with Crippen molar-refractivity contribution in [3.8, 4) is 0 Å². The Hall–Kier alpha value is -2.97. The molecule has 0 saturated heterocycles. The number of pyridine rings is 1. The number of nitrogens with zero attached hydrogens (tertiary/aromatic N) is 4. The van der Waals surface area contributed by atoms with E-state index in [1.165, 1.54) is 12.4 Å². The summed E-state index contributed by atoms with van der Waals surface area (Å²) in [6.07, 6.45) is 3.07. The van der Waals surface area contributed by atoms with Gasteiger partial charge in [0.25, 0.3) is 0 Å². The van der Waals surface area contributed by atoms with Gasteiger partial charge in [-0.3, -0.25) is 15.1 Å². The van der Waals surface area contributed by atoms with Gasteiger partial charge in [-0.15, -0.1) is 0 Å². The summed E-state index contributed by atoms with van der Waals surface area (Å²) < 4.78 is 0. The molecule has 0 fully saturated rings. The zero-order valence-electron chi connectivity index (χ0n) is 10.4. The lowest BCUT2D eigenvalue weighted by atomic mass is 9.92. The Morgan fingerprint density at radius 2 is 1.70 bits per heavy atom. The third kappa shape index (κ3) is 2.71. The smallest absolute Gasteiger partial charge is 0.223 e. The molecular weight excluding hydrogens is 262 g/mol. The fourth-order valence-corrected chi connectivity index (χ4v) is 1.99. The highest BCUT2D eigenvalue weighted by Crippen LogP contribution is 2.32. The van der Waals surface area contributed by atoms with Crippen LogP contribution in [0.3, 0.4) is 0 Å². The van der Waals surface area contributed by atoms with Crippen LogP contribution >= 0.6 is 0 Å². The fraction of sp³-hybridized carbons (Fsp3) is 0.182. The molecule has 0 aliphatic heterocycles. The van der Waals surface area contributed by atoms with Gasteiger partial charge < -0.3 is 17.2 Å². The minimum absolute atomic E-state index is 0.0404. The van der Waals surface area contributed by atoms with Gasteiger partial charge in [0, 0.05) is 17.3 Å². The Balaban J connectivity index is 2.55. The van der Waals surface area contributed by atoms with Crippen LogP contribution in [0, 0.1) is 10.1 Å². The summed E-state index contributed by atoms with van der Waals surface area (Å²) in [5.41, 5.74) is 18.0. The van der Waals surface area contributed by atoms with E-state index < -0.39 is 10.8 Å². The van der Waals surface area contributed by atoms with Gasteiger partial charge >= 0.3 is 0 Å². The summed E-state index contributed by atoms with van der Waals surface area (Å²) >= 11 is 0. The van der Waals surface area contributed by atoms with Crippen LogP contribution in [0.1, 0.15) is 17.0 Å². The van der Waals surface area contributed by atoms with Crippen molar-refractivity contribution in [1.82, 2.24) is 15.0 Å². The number of hydrogen-bond acceptors (Lipinski definition) is 8. The second-order valence-electron chi connectivity index (χ2n) is 4.11. The maximum atomic E-state index is 10.9. The van der Waals surface area contributed by atoms with E-state index >= 15 is 0 Å². The van der Waals surface area contributed by atoms with Crippen molar-refractivity contribution in [3.63, 3.8) is 0 Å². The first kappa shape index (κ1) is 13.5. The van der Waals surface area contributed by atoms with Gasteiger partial charge in [-0.25, -0.2) is 0 Å². The molecular formula is C11H13N7O2. The Morgan fingerprint density at radius 1 is 1.15 bits per heavy atom. The number of nitrogen functional groups attached to an aromatic ring is 3. The van der Waals surface area contributed by atoms with E-state index in [0.29, 0.717) is 11.1 Å². The summed E-state index contributed by atoms with van der Waals surface area (Å²) in [6, 6.07) is 3.31. The molecule has 0 amide bonds. The van der Waals surface area contributed by atoms with Crippen molar-refractivity contribution in [1.29, 1.82) is 0 Å². The van der Waals surface area contributed by atoms with Crippen LogP contribution in [-0.4, -0.2) is 26.4 Å². The maximum Gasteiger partial charge on any atom is 0.223 e. The van der Waals surface area contributed by atoms with Crippen LogP contribution in [-0.2, 0) is 0 Å². The normalized spacial score (nSPS) is 12.0. The van der Waals surface area contributed by atoms with Gasteiger partial charge in [0.1, 0.15) is 11.6 Å². The van der Waals surface area contributed by atoms with Crippen molar-refractivity contribution in [2.24, 2.45) is 0 Å². The predicted molar refractivity (Wildman–Crippen MR) is 73.2 cm³/mol. The van der Waals surface area contributed by atoms with Gasteiger partial charge in [0.05, 0.1) is 11.5 Å². The lowest BCUT2D eigenvalue weighted by molar-refractivity contribution is -0.481. The van der Waals surface area contributed by atoms with E-state index in [4.69, 9.17) is 17.2 Å². The minimum atomic E-state index is -0.659. The van der Waals surface area contributed by atoms with Crippen LogP contribution in [0.15, 0.2) is 24.5 Å². The molecule has 9 nitrogen and oxygen atoms in total. The number of hydrogen-bond donors (Lipinski definition) is 3. The van der Waals surface area contributed by atoms with Crippen LogP contribution in [0.25, 0.3) is 0 Å². The van der Waals surface area contributed by atoms with E-state index in [0.717, 1.165) is 0 Å². The second-order valence-corrected chi connectivity index (χ2v) is 4.11. The van der Waals surface area contributed by atoms with E-state index in [2.05, 4.69) is 15.0 Å². The third-order valence-corrected chi connectivity index (χ3v) is 2.81. The molecule has 1 unspecified atom stereocenters.